The number of hydrogen-bond donors (Lipinski definition) is 0. The lowest BCUT2D eigenvalue weighted by molar-refractivity contribution is -0.158. The number of carbonyl (C=O) groups is 2. The molecule has 2 rings (SSSR count). The second-order valence-electron chi connectivity index (χ2n) is 5.95. The van der Waals surface area contributed by atoms with Gasteiger partial charge in [0.05, 0.1) is 6.54 Å². The lowest BCUT2D eigenvalue weighted by Crippen LogP contribution is -2.62. The molecule has 2 amide bonds. The van der Waals surface area contributed by atoms with E-state index in [0.717, 1.165) is 11.3 Å². The number of benzene rings is 1. The molecule has 2 atom stereocenters. The van der Waals surface area contributed by atoms with E-state index in [4.69, 9.17) is 4.74 Å². The molecule has 0 saturated carbocycles. The van der Waals surface area contributed by atoms with E-state index in [1.54, 1.807) is 25.8 Å². The Hall–Kier alpha value is -2.04. The van der Waals surface area contributed by atoms with Crippen molar-refractivity contribution in [2.24, 2.45) is 0 Å². The van der Waals surface area contributed by atoms with Crippen LogP contribution in [-0.2, 0) is 9.59 Å². The van der Waals surface area contributed by atoms with Gasteiger partial charge in [0.15, 0.2) is 0 Å². The zero-order chi connectivity index (χ0) is 16.4. The Morgan fingerprint density at radius 3 is 2.41 bits per heavy atom. The van der Waals surface area contributed by atoms with Crippen molar-refractivity contribution in [1.82, 2.24) is 9.80 Å². The summed E-state index contributed by atoms with van der Waals surface area (Å²) in [6.45, 7) is 8.34. The van der Waals surface area contributed by atoms with Gasteiger partial charge in [0, 0.05) is 7.05 Å². The van der Waals surface area contributed by atoms with Gasteiger partial charge >= 0.3 is 0 Å². The molecule has 0 aliphatic carbocycles. The zero-order valence-corrected chi connectivity index (χ0v) is 13.9. The van der Waals surface area contributed by atoms with E-state index >= 15 is 0 Å². The van der Waals surface area contributed by atoms with E-state index in [2.05, 4.69) is 6.07 Å². The summed E-state index contributed by atoms with van der Waals surface area (Å²) in [7, 11) is 1.67. The third kappa shape index (κ3) is 3.08. The highest BCUT2D eigenvalue weighted by Crippen LogP contribution is 2.20. The zero-order valence-electron chi connectivity index (χ0n) is 13.9. The average molecular weight is 304 g/mol. The van der Waals surface area contributed by atoms with E-state index < -0.39 is 12.1 Å². The van der Waals surface area contributed by atoms with Crippen LogP contribution in [0.3, 0.4) is 0 Å². The maximum atomic E-state index is 12.3. The molecule has 0 spiro atoms. The maximum absolute atomic E-state index is 12.3. The van der Waals surface area contributed by atoms with Crippen molar-refractivity contribution in [3.05, 3.63) is 29.3 Å². The number of amides is 2. The van der Waals surface area contributed by atoms with E-state index in [-0.39, 0.29) is 11.8 Å². The van der Waals surface area contributed by atoms with E-state index in [1.165, 1.54) is 10.5 Å². The average Bonchev–Trinajstić information content (AvgIpc) is 2.48. The quantitative estimate of drug-likeness (QED) is 0.851. The molecule has 1 aromatic rings. The molecule has 1 aliphatic rings. The molecule has 1 heterocycles. The first-order chi connectivity index (χ1) is 10.3. The fourth-order valence-electron chi connectivity index (χ4n) is 2.73. The minimum atomic E-state index is -0.434. The molecule has 1 aliphatic heterocycles. The van der Waals surface area contributed by atoms with Crippen molar-refractivity contribution in [2.75, 3.05) is 20.2 Å². The summed E-state index contributed by atoms with van der Waals surface area (Å²) >= 11 is 0. The molecule has 1 aromatic carbocycles. The van der Waals surface area contributed by atoms with Gasteiger partial charge < -0.3 is 14.5 Å². The highest BCUT2D eigenvalue weighted by atomic mass is 16.5. The normalized spacial score (nSPS) is 22.2. The Bertz CT molecular complexity index is 585. The minimum Gasteiger partial charge on any atom is -0.491 e. The molecular formula is C17H24N2O3. The van der Waals surface area contributed by atoms with E-state index in [1.807, 2.05) is 26.0 Å². The number of rotatable bonds is 4. The lowest BCUT2D eigenvalue weighted by Gasteiger charge is -2.40. The van der Waals surface area contributed by atoms with Gasteiger partial charge in [0.1, 0.15) is 24.4 Å². The van der Waals surface area contributed by atoms with Crippen LogP contribution in [0.2, 0.25) is 0 Å². The number of ether oxygens (including phenoxy) is 1. The van der Waals surface area contributed by atoms with Crippen LogP contribution >= 0.6 is 0 Å². The third-order valence-electron chi connectivity index (χ3n) is 4.31. The SMILES string of the molecule is Cc1ccc(OCCN2C(=O)[C@H](C)N(C)C(=O)[C@@H]2C)c(C)c1. The fourth-order valence-corrected chi connectivity index (χ4v) is 2.73. The van der Waals surface area contributed by atoms with E-state index in [0.29, 0.717) is 13.2 Å². The standard InChI is InChI=1S/C17H24N2O3/c1-11-6-7-15(12(2)10-11)22-9-8-19-14(4)16(20)18(5)13(3)17(19)21/h6-7,10,13-14H,8-9H2,1-5H3/t13-,14-/m0/s1. The van der Waals surface area contributed by atoms with Gasteiger partial charge in [-0.05, 0) is 39.3 Å². The molecule has 1 saturated heterocycles. The Morgan fingerprint density at radius 2 is 1.77 bits per heavy atom. The molecule has 0 bridgehead atoms. The Balaban J connectivity index is 1.98. The van der Waals surface area contributed by atoms with Crippen LogP contribution in [-0.4, -0.2) is 53.9 Å². The van der Waals surface area contributed by atoms with Crippen molar-refractivity contribution in [3.8, 4) is 5.75 Å². The smallest absolute Gasteiger partial charge is 0.245 e. The maximum Gasteiger partial charge on any atom is 0.245 e. The molecule has 5 nitrogen and oxygen atoms in total. The Labute approximate surface area is 131 Å². The predicted octanol–water partition coefficient (Wildman–Crippen LogP) is 1.76. The van der Waals surface area contributed by atoms with Crippen molar-refractivity contribution in [3.63, 3.8) is 0 Å². The molecule has 0 N–H and O–H groups in total. The van der Waals surface area contributed by atoms with Gasteiger partial charge in [0.2, 0.25) is 11.8 Å². The van der Waals surface area contributed by atoms with Crippen molar-refractivity contribution >= 4 is 11.8 Å². The number of nitrogens with zero attached hydrogens (tertiary/aromatic N) is 2. The van der Waals surface area contributed by atoms with Gasteiger partial charge in [-0.3, -0.25) is 9.59 Å². The van der Waals surface area contributed by atoms with Crippen molar-refractivity contribution < 1.29 is 14.3 Å². The van der Waals surface area contributed by atoms with Gasteiger partial charge in [-0.2, -0.15) is 0 Å². The fraction of sp³-hybridized carbons (Fsp3) is 0.529. The summed E-state index contributed by atoms with van der Waals surface area (Å²) in [4.78, 5) is 27.5. The summed E-state index contributed by atoms with van der Waals surface area (Å²) < 4.78 is 5.77. The predicted molar refractivity (Wildman–Crippen MR) is 84.8 cm³/mol. The number of aryl methyl sites for hydroxylation is 2. The first-order valence-electron chi connectivity index (χ1n) is 7.60. The molecule has 22 heavy (non-hydrogen) atoms. The van der Waals surface area contributed by atoms with Crippen LogP contribution in [0.5, 0.6) is 5.75 Å². The highest BCUT2D eigenvalue weighted by molar-refractivity contribution is 5.96. The minimum absolute atomic E-state index is 0.0289. The lowest BCUT2D eigenvalue weighted by atomic mass is 10.1. The summed E-state index contributed by atoms with van der Waals surface area (Å²) in [5, 5.41) is 0. The number of piperazine rings is 1. The van der Waals surface area contributed by atoms with Gasteiger partial charge in [0.25, 0.3) is 0 Å². The van der Waals surface area contributed by atoms with Crippen LogP contribution in [0.1, 0.15) is 25.0 Å². The Morgan fingerprint density at radius 1 is 1.09 bits per heavy atom. The Kier molecular flexibility index (Phi) is 4.74. The van der Waals surface area contributed by atoms with Crippen LogP contribution in [0.4, 0.5) is 0 Å². The van der Waals surface area contributed by atoms with Crippen LogP contribution in [0.25, 0.3) is 0 Å². The molecule has 1 fully saturated rings. The number of hydrogen-bond acceptors (Lipinski definition) is 3. The first-order valence-corrected chi connectivity index (χ1v) is 7.60. The first kappa shape index (κ1) is 16.3. The third-order valence-corrected chi connectivity index (χ3v) is 4.31. The summed E-state index contributed by atoms with van der Waals surface area (Å²) in [6.07, 6.45) is 0. The largest absolute Gasteiger partial charge is 0.491 e. The van der Waals surface area contributed by atoms with Crippen LogP contribution in [0.15, 0.2) is 18.2 Å². The number of carbonyl (C=O) groups excluding carboxylic acids is 2. The molecule has 5 heteroatoms. The van der Waals surface area contributed by atoms with Gasteiger partial charge in [-0.1, -0.05) is 17.7 Å². The second kappa shape index (κ2) is 6.38. The molecule has 120 valence electrons. The van der Waals surface area contributed by atoms with Crippen LogP contribution in [0, 0.1) is 13.8 Å². The topological polar surface area (TPSA) is 49.9 Å². The number of likely N-dealkylation sites (N-methyl/N-ethyl adjacent to an activating group) is 1. The van der Waals surface area contributed by atoms with Gasteiger partial charge in [-0.15, -0.1) is 0 Å². The summed E-state index contributed by atoms with van der Waals surface area (Å²) in [6, 6.07) is 5.15. The van der Waals surface area contributed by atoms with Crippen LogP contribution < -0.4 is 4.74 Å². The highest BCUT2D eigenvalue weighted by Gasteiger charge is 2.39. The van der Waals surface area contributed by atoms with E-state index in [9.17, 15) is 9.59 Å². The molecule has 0 radical (unpaired) electrons. The second-order valence-corrected chi connectivity index (χ2v) is 5.95. The van der Waals surface area contributed by atoms with Crippen molar-refractivity contribution in [1.29, 1.82) is 0 Å². The summed E-state index contributed by atoms with van der Waals surface area (Å²) in [5.41, 5.74) is 2.26. The monoisotopic (exact) mass is 304 g/mol. The summed E-state index contributed by atoms with van der Waals surface area (Å²) in [5.74, 6) is 0.761. The van der Waals surface area contributed by atoms with Gasteiger partial charge in [-0.25, -0.2) is 0 Å². The molecule has 0 aromatic heterocycles. The molecule has 0 unspecified atom stereocenters. The van der Waals surface area contributed by atoms with Crippen molar-refractivity contribution in [2.45, 2.75) is 39.8 Å². The molecular weight excluding hydrogens is 280 g/mol.